The van der Waals surface area contributed by atoms with Gasteiger partial charge in [-0.25, -0.2) is 15.0 Å². The van der Waals surface area contributed by atoms with Gasteiger partial charge in [-0.3, -0.25) is 4.98 Å². The zero-order valence-corrected chi connectivity index (χ0v) is 18.6. The zero-order valence-electron chi connectivity index (χ0n) is 18.6. The highest BCUT2D eigenvalue weighted by atomic mass is 16.3. The first-order valence-corrected chi connectivity index (χ1v) is 11.6. The number of imidazole rings is 1. The van der Waals surface area contributed by atoms with Crippen LogP contribution in [0.2, 0.25) is 0 Å². The van der Waals surface area contributed by atoms with Crippen molar-refractivity contribution in [1.29, 1.82) is 0 Å². The lowest BCUT2D eigenvalue weighted by Gasteiger charge is -2.20. The largest absolute Gasteiger partial charge is 0.396 e. The second kappa shape index (κ2) is 8.46. The third-order valence-electron chi connectivity index (χ3n) is 7.19. The van der Waals surface area contributed by atoms with Crippen LogP contribution in [-0.2, 0) is 0 Å². The first kappa shape index (κ1) is 21.2. The Bertz CT molecular complexity index is 1330. The smallest absolute Gasteiger partial charge is 0.165 e. The molecule has 1 saturated heterocycles. The van der Waals surface area contributed by atoms with Crippen molar-refractivity contribution >= 4 is 33.6 Å². The highest BCUT2D eigenvalue weighted by Crippen LogP contribution is 2.37. The molecule has 1 aromatic carbocycles. The molecule has 1 unspecified atom stereocenters. The number of hydrogen-bond donors (Lipinski definition) is 4. The Balaban J connectivity index is 1.21. The molecule has 0 radical (unpaired) electrons. The summed E-state index contributed by atoms with van der Waals surface area (Å²) in [4.78, 5) is 20.3. The van der Waals surface area contributed by atoms with Gasteiger partial charge in [0, 0.05) is 37.0 Å². The van der Waals surface area contributed by atoms with Crippen LogP contribution >= 0.6 is 0 Å². The number of aliphatic hydroxyl groups excluding tert-OH is 3. The molecule has 34 heavy (non-hydrogen) atoms. The van der Waals surface area contributed by atoms with Gasteiger partial charge in [0.05, 0.1) is 35.9 Å². The minimum Gasteiger partial charge on any atom is -0.396 e. The van der Waals surface area contributed by atoms with E-state index >= 15 is 0 Å². The third-order valence-corrected chi connectivity index (χ3v) is 7.19. The van der Waals surface area contributed by atoms with Gasteiger partial charge >= 0.3 is 0 Å². The van der Waals surface area contributed by atoms with Crippen LogP contribution in [0.1, 0.15) is 18.9 Å². The Hall–Kier alpha value is -3.34. The molecule has 4 N–H and O–H groups in total. The van der Waals surface area contributed by atoms with Crippen LogP contribution in [0.5, 0.6) is 0 Å². The minimum atomic E-state index is -0.986. The van der Waals surface area contributed by atoms with Crippen LogP contribution in [0.4, 0.5) is 11.5 Å². The molecule has 176 valence electrons. The highest BCUT2D eigenvalue weighted by molar-refractivity contribution is 5.83. The number of fused-ring (bicyclic) bond motifs is 2. The molecule has 4 aromatic rings. The average molecular weight is 462 g/mol. The van der Waals surface area contributed by atoms with Crippen LogP contribution in [0.15, 0.2) is 49.2 Å². The van der Waals surface area contributed by atoms with E-state index in [0.29, 0.717) is 23.4 Å². The number of hydrogen-bond acceptors (Lipinski definition) is 9. The second-order valence-corrected chi connectivity index (χ2v) is 9.24. The van der Waals surface area contributed by atoms with Crippen molar-refractivity contribution in [2.45, 2.75) is 37.1 Å². The maximum absolute atomic E-state index is 10.5. The molecule has 3 aromatic heterocycles. The predicted molar refractivity (Wildman–Crippen MR) is 128 cm³/mol. The number of nitrogens with zero attached hydrogens (tertiary/aromatic N) is 6. The molecule has 4 heterocycles. The molecule has 1 saturated carbocycles. The average Bonchev–Trinajstić information content (AvgIpc) is 3.58. The van der Waals surface area contributed by atoms with Crippen LogP contribution in [0.25, 0.3) is 22.1 Å². The fourth-order valence-electron chi connectivity index (χ4n) is 5.29. The first-order chi connectivity index (χ1) is 16.6. The van der Waals surface area contributed by atoms with E-state index < -0.39 is 18.2 Å². The number of aliphatic hydroxyl groups is 3. The van der Waals surface area contributed by atoms with E-state index in [2.05, 4.69) is 42.3 Å². The normalized spacial score (nSPS) is 27.1. The lowest BCUT2D eigenvalue weighted by atomic mass is 10.1. The van der Waals surface area contributed by atoms with Gasteiger partial charge in [-0.1, -0.05) is 18.2 Å². The summed E-state index contributed by atoms with van der Waals surface area (Å²) in [6.07, 6.45) is 4.49. The first-order valence-electron chi connectivity index (χ1n) is 11.6. The number of pyridine rings is 1. The summed E-state index contributed by atoms with van der Waals surface area (Å²) in [5, 5.41) is 34.9. The molecule has 1 aliphatic heterocycles. The monoisotopic (exact) mass is 461 g/mol. The number of nitrogens with one attached hydrogen (secondary N) is 1. The van der Waals surface area contributed by atoms with Crippen molar-refractivity contribution in [3.05, 3.63) is 49.2 Å². The summed E-state index contributed by atoms with van der Waals surface area (Å²) < 4.78 is 1.79. The van der Waals surface area contributed by atoms with Gasteiger partial charge in [0.25, 0.3) is 0 Å². The SMILES string of the molecule is OC[C@H]1CC(n2cnc3c(N[C@H]4CCN(c5cnc6ccccc6c5)C4)ncnc32)[C@H](O)[C@@H]1O. The lowest BCUT2D eigenvalue weighted by Crippen LogP contribution is -2.30. The molecule has 2 aliphatic rings. The molecule has 0 bridgehead atoms. The molecular formula is C24H27N7O3. The topological polar surface area (TPSA) is 132 Å². The van der Waals surface area contributed by atoms with Crippen LogP contribution in [0, 0.1) is 5.92 Å². The van der Waals surface area contributed by atoms with Gasteiger partial charge < -0.3 is 30.1 Å². The lowest BCUT2D eigenvalue weighted by molar-refractivity contribution is -0.00370. The molecule has 0 amide bonds. The quantitative estimate of drug-likeness (QED) is 0.347. The minimum absolute atomic E-state index is 0.173. The van der Waals surface area contributed by atoms with Gasteiger partial charge in [-0.2, -0.15) is 0 Å². The Kier molecular flexibility index (Phi) is 5.28. The molecule has 2 fully saturated rings. The van der Waals surface area contributed by atoms with Crippen molar-refractivity contribution in [3.63, 3.8) is 0 Å². The standard InChI is InChI=1S/C24H27N7O3/c32-11-15-8-19(22(34)21(15)33)31-13-28-20-23(26-12-27-24(20)31)29-16-5-6-30(10-16)17-7-14-3-1-2-4-18(14)25-9-17/h1-4,7,9,12-13,15-16,19,21-22,32-34H,5-6,8,10-11H2,(H,26,27,29)/t15-,16+,19?,21-,22+/m1/s1. The van der Waals surface area contributed by atoms with E-state index in [1.807, 2.05) is 24.4 Å². The summed E-state index contributed by atoms with van der Waals surface area (Å²) >= 11 is 0. The van der Waals surface area contributed by atoms with Gasteiger partial charge in [0.15, 0.2) is 11.5 Å². The van der Waals surface area contributed by atoms with Crippen LogP contribution < -0.4 is 10.2 Å². The molecule has 6 rings (SSSR count). The van der Waals surface area contributed by atoms with Crippen molar-refractivity contribution < 1.29 is 15.3 Å². The molecular weight excluding hydrogens is 434 g/mol. The van der Waals surface area contributed by atoms with E-state index in [1.54, 1.807) is 10.9 Å². The predicted octanol–water partition coefficient (Wildman–Crippen LogP) is 1.34. The van der Waals surface area contributed by atoms with E-state index in [9.17, 15) is 15.3 Å². The fraction of sp³-hybridized carbons (Fsp3) is 0.417. The molecule has 5 atom stereocenters. The Labute approximate surface area is 195 Å². The Morgan fingerprint density at radius 1 is 1.06 bits per heavy atom. The van der Waals surface area contributed by atoms with E-state index in [1.165, 1.54) is 6.33 Å². The summed E-state index contributed by atoms with van der Waals surface area (Å²) in [6.45, 7) is 1.56. The Morgan fingerprint density at radius 3 is 2.79 bits per heavy atom. The maximum Gasteiger partial charge on any atom is 0.165 e. The van der Waals surface area contributed by atoms with E-state index in [0.717, 1.165) is 36.1 Å². The highest BCUT2D eigenvalue weighted by Gasteiger charge is 2.42. The van der Waals surface area contributed by atoms with Gasteiger partial charge in [-0.15, -0.1) is 0 Å². The van der Waals surface area contributed by atoms with Crippen LogP contribution in [0.3, 0.4) is 0 Å². The molecule has 1 aliphatic carbocycles. The van der Waals surface area contributed by atoms with Gasteiger partial charge in [-0.05, 0) is 25.0 Å². The number of anilines is 2. The van der Waals surface area contributed by atoms with E-state index in [4.69, 9.17) is 0 Å². The van der Waals surface area contributed by atoms with Crippen LogP contribution in [-0.4, -0.2) is 77.8 Å². The van der Waals surface area contributed by atoms with Gasteiger partial charge in [0.2, 0.25) is 0 Å². The summed E-state index contributed by atoms with van der Waals surface area (Å²) in [5.41, 5.74) is 3.32. The van der Waals surface area contributed by atoms with Crippen molar-refractivity contribution in [2.75, 3.05) is 29.9 Å². The number of rotatable bonds is 5. The molecule has 0 spiro atoms. The summed E-state index contributed by atoms with van der Waals surface area (Å²) in [7, 11) is 0. The molecule has 10 nitrogen and oxygen atoms in total. The van der Waals surface area contributed by atoms with Crippen molar-refractivity contribution in [2.24, 2.45) is 5.92 Å². The number of benzene rings is 1. The Morgan fingerprint density at radius 2 is 1.94 bits per heavy atom. The molecule has 10 heteroatoms. The summed E-state index contributed by atoms with van der Waals surface area (Å²) in [5.74, 6) is 0.282. The second-order valence-electron chi connectivity index (χ2n) is 9.24. The number of aromatic nitrogens is 5. The third kappa shape index (κ3) is 3.54. The zero-order chi connectivity index (χ0) is 23.2. The van der Waals surface area contributed by atoms with Crippen molar-refractivity contribution in [3.8, 4) is 0 Å². The van der Waals surface area contributed by atoms with E-state index in [-0.39, 0.29) is 18.6 Å². The fourth-order valence-corrected chi connectivity index (χ4v) is 5.29. The number of para-hydroxylation sites is 1. The van der Waals surface area contributed by atoms with Gasteiger partial charge in [0.1, 0.15) is 17.9 Å². The maximum atomic E-state index is 10.5. The van der Waals surface area contributed by atoms with Crippen molar-refractivity contribution in [1.82, 2.24) is 24.5 Å². The summed E-state index contributed by atoms with van der Waals surface area (Å²) in [6, 6.07) is 10.1.